The SMILES string of the molecule is CC(C)c1nc(COc2ccccc2CC(=O)O)cs1. The van der Waals surface area contributed by atoms with Crippen LogP contribution in [0, 0.1) is 0 Å². The summed E-state index contributed by atoms with van der Waals surface area (Å²) in [6, 6.07) is 7.20. The summed E-state index contributed by atoms with van der Waals surface area (Å²) in [7, 11) is 0. The summed E-state index contributed by atoms with van der Waals surface area (Å²) in [6.07, 6.45) is -0.0372. The zero-order valence-electron chi connectivity index (χ0n) is 11.5. The summed E-state index contributed by atoms with van der Waals surface area (Å²) in [5.41, 5.74) is 1.56. The van der Waals surface area contributed by atoms with Crippen LogP contribution in [0.15, 0.2) is 29.6 Å². The van der Waals surface area contributed by atoms with Crippen LogP contribution in [0.1, 0.15) is 36.0 Å². The van der Waals surface area contributed by atoms with Gasteiger partial charge in [-0.3, -0.25) is 4.79 Å². The molecule has 0 amide bonds. The third-order valence-electron chi connectivity index (χ3n) is 2.75. The van der Waals surface area contributed by atoms with E-state index in [-0.39, 0.29) is 6.42 Å². The molecule has 0 radical (unpaired) electrons. The quantitative estimate of drug-likeness (QED) is 0.885. The molecular weight excluding hydrogens is 274 g/mol. The number of thiazole rings is 1. The molecule has 1 N–H and O–H groups in total. The second-order valence-corrected chi connectivity index (χ2v) is 5.69. The lowest BCUT2D eigenvalue weighted by atomic mass is 10.1. The monoisotopic (exact) mass is 291 g/mol. The van der Waals surface area contributed by atoms with Gasteiger partial charge in [-0.25, -0.2) is 4.98 Å². The van der Waals surface area contributed by atoms with E-state index in [0.29, 0.717) is 23.8 Å². The van der Waals surface area contributed by atoms with Crippen molar-refractivity contribution in [1.82, 2.24) is 4.98 Å². The molecule has 0 atom stereocenters. The van der Waals surface area contributed by atoms with Gasteiger partial charge in [0.1, 0.15) is 12.4 Å². The number of aromatic nitrogens is 1. The Bertz CT molecular complexity index is 592. The van der Waals surface area contributed by atoms with Crippen molar-refractivity contribution in [3.05, 3.63) is 45.9 Å². The van der Waals surface area contributed by atoms with Crippen LogP contribution in [0.2, 0.25) is 0 Å². The highest BCUT2D eigenvalue weighted by atomic mass is 32.1. The Labute approximate surface area is 122 Å². The Kier molecular flexibility index (Phi) is 4.74. The molecule has 0 saturated carbocycles. The highest BCUT2D eigenvalue weighted by molar-refractivity contribution is 7.09. The number of carboxylic acids is 1. The van der Waals surface area contributed by atoms with Crippen LogP contribution in [0.3, 0.4) is 0 Å². The highest BCUT2D eigenvalue weighted by Gasteiger charge is 2.09. The topological polar surface area (TPSA) is 59.4 Å². The molecule has 2 aromatic rings. The number of carbonyl (C=O) groups is 1. The van der Waals surface area contributed by atoms with Crippen molar-refractivity contribution >= 4 is 17.3 Å². The minimum atomic E-state index is -0.864. The van der Waals surface area contributed by atoms with Crippen molar-refractivity contribution in [1.29, 1.82) is 0 Å². The van der Waals surface area contributed by atoms with E-state index in [0.717, 1.165) is 10.7 Å². The standard InChI is InChI=1S/C15H17NO3S/c1-10(2)15-16-12(9-20-15)8-19-13-6-4-3-5-11(13)7-14(17)18/h3-6,9-10H,7-8H2,1-2H3,(H,17,18). The fourth-order valence-corrected chi connectivity index (χ4v) is 2.58. The summed E-state index contributed by atoms with van der Waals surface area (Å²) >= 11 is 1.62. The molecule has 2 rings (SSSR count). The van der Waals surface area contributed by atoms with Gasteiger partial charge < -0.3 is 9.84 Å². The van der Waals surface area contributed by atoms with E-state index < -0.39 is 5.97 Å². The van der Waals surface area contributed by atoms with Crippen molar-refractivity contribution in [2.75, 3.05) is 0 Å². The summed E-state index contributed by atoms with van der Waals surface area (Å²) in [5, 5.41) is 11.9. The Balaban J connectivity index is 2.04. The van der Waals surface area contributed by atoms with Gasteiger partial charge in [0.05, 0.1) is 17.1 Å². The van der Waals surface area contributed by atoms with Crippen molar-refractivity contribution in [3.63, 3.8) is 0 Å². The van der Waals surface area contributed by atoms with Gasteiger partial charge >= 0.3 is 5.97 Å². The molecule has 5 heteroatoms. The largest absolute Gasteiger partial charge is 0.487 e. The number of carboxylic acid groups (broad SMARTS) is 1. The Morgan fingerprint density at radius 1 is 1.40 bits per heavy atom. The second kappa shape index (κ2) is 6.52. The number of hydrogen-bond acceptors (Lipinski definition) is 4. The van der Waals surface area contributed by atoms with E-state index in [1.807, 2.05) is 17.5 Å². The first-order valence-corrected chi connectivity index (χ1v) is 7.31. The van der Waals surface area contributed by atoms with Crippen molar-refractivity contribution < 1.29 is 14.6 Å². The third kappa shape index (κ3) is 3.81. The maximum Gasteiger partial charge on any atom is 0.307 e. The molecule has 0 bridgehead atoms. The Hall–Kier alpha value is -1.88. The van der Waals surface area contributed by atoms with Gasteiger partial charge in [0.15, 0.2) is 0 Å². The second-order valence-electron chi connectivity index (χ2n) is 4.80. The van der Waals surface area contributed by atoms with Crippen LogP contribution in [-0.2, 0) is 17.8 Å². The fraction of sp³-hybridized carbons (Fsp3) is 0.333. The summed E-state index contributed by atoms with van der Waals surface area (Å²) in [4.78, 5) is 15.3. The molecule has 106 valence electrons. The molecule has 4 nitrogen and oxygen atoms in total. The smallest absolute Gasteiger partial charge is 0.307 e. The normalized spacial score (nSPS) is 10.8. The zero-order chi connectivity index (χ0) is 14.5. The molecule has 20 heavy (non-hydrogen) atoms. The van der Waals surface area contributed by atoms with Crippen molar-refractivity contribution in [3.8, 4) is 5.75 Å². The van der Waals surface area contributed by atoms with Gasteiger partial charge in [0, 0.05) is 16.9 Å². The van der Waals surface area contributed by atoms with Crippen LogP contribution in [0.4, 0.5) is 0 Å². The number of para-hydroxylation sites is 1. The molecule has 1 aromatic carbocycles. The first-order valence-electron chi connectivity index (χ1n) is 6.43. The minimum Gasteiger partial charge on any atom is -0.487 e. The third-order valence-corrected chi connectivity index (χ3v) is 3.95. The average Bonchev–Trinajstić information content (AvgIpc) is 2.86. The van der Waals surface area contributed by atoms with Crippen LogP contribution < -0.4 is 4.74 Å². The Morgan fingerprint density at radius 3 is 2.80 bits per heavy atom. The number of aliphatic carboxylic acids is 1. The maximum absolute atomic E-state index is 10.8. The average molecular weight is 291 g/mol. The van der Waals surface area contributed by atoms with E-state index in [4.69, 9.17) is 9.84 Å². The number of hydrogen-bond donors (Lipinski definition) is 1. The lowest BCUT2D eigenvalue weighted by Gasteiger charge is -2.08. The van der Waals surface area contributed by atoms with Crippen molar-refractivity contribution in [2.24, 2.45) is 0 Å². The van der Waals surface area contributed by atoms with Gasteiger partial charge in [-0.15, -0.1) is 11.3 Å². The number of nitrogens with zero attached hydrogens (tertiary/aromatic N) is 1. The molecular formula is C15H17NO3S. The molecule has 0 aliphatic heterocycles. The molecule has 0 fully saturated rings. The van der Waals surface area contributed by atoms with E-state index in [1.165, 1.54) is 0 Å². The molecule has 0 unspecified atom stereocenters. The maximum atomic E-state index is 10.8. The number of rotatable bonds is 6. The lowest BCUT2D eigenvalue weighted by molar-refractivity contribution is -0.136. The van der Waals surface area contributed by atoms with Crippen LogP contribution in [0.5, 0.6) is 5.75 Å². The molecule has 0 saturated heterocycles. The number of benzene rings is 1. The predicted octanol–water partition coefficient (Wildman–Crippen LogP) is 3.47. The highest BCUT2D eigenvalue weighted by Crippen LogP contribution is 2.22. The van der Waals surface area contributed by atoms with Crippen LogP contribution in [0.25, 0.3) is 0 Å². The molecule has 1 aromatic heterocycles. The van der Waals surface area contributed by atoms with E-state index in [9.17, 15) is 4.79 Å². The van der Waals surface area contributed by atoms with E-state index in [2.05, 4.69) is 18.8 Å². The van der Waals surface area contributed by atoms with Gasteiger partial charge in [0.2, 0.25) is 0 Å². The molecule has 0 spiro atoms. The van der Waals surface area contributed by atoms with Crippen molar-refractivity contribution in [2.45, 2.75) is 32.8 Å². The predicted molar refractivity (Wildman–Crippen MR) is 78.3 cm³/mol. The zero-order valence-corrected chi connectivity index (χ0v) is 12.3. The van der Waals surface area contributed by atoms with Gasteiger partial charge in [-0.2, -0.15) is 0 Å². The summed E-state index contributed by atoms with van der Waals surface area (Å²) in [6.45, 7) is 4.57. The summed E-state index contributed by atoms with van der Waals surface area (Å²) < 4.78 is 5.70. The van der Waals surface area contributed by atoms with Crippen LogP contribution in [-0.4, -0.2) is 16.1 Å². The molecule has 1 heterocycles. The van der Waals surface area contributed by atoms with E-state index in [1.54, 1.807) is 23.5 Å². The van der Waals surface area contributed by atoms with Gasteiger partial charge in [-0.05, 0) is 6.07 Å². The first-order chi connectivity index (χ1) is 9.56. The van der Waals surface area contributed by atoms with Crippen LogP contribution >= 0.6 is 11.3 Å². The fourth-order valence-electron chi connectivity index (χ4n) is 1.76. The summed E-state index contributed by atoms with van der Waals surface area (Å²) in [5.74, 6) is 0.152. The van der Waals surface area contributed by atoms with Gasteiger partial charge in [0.25, 0.3) is 0 Å². The molecule has 0 aliphatic carbocycles. The van der Waals surface area contributed by atoms with Gasteiger partial charge in [-0.1, -0.05) is 32.0 Å². The number of ether oxygens (including phenoxy) is 1. The minimum absolute atomic E-state index is 0.0372. The van der Waals surface area contributed by atoms with E-state index >= 15 is 0 Å². The molecule has 0 aliphatic rings. The first kappa shape index (κ1) is 14.5. The lowest BCUT2D eigenvalue weighted by Crippen LogP contribution is -2.04. The Morgan fingerprint density at radius 2 is 2.15 bits per heavy atom.